The van der Waals surface area contributed by atoms with Crippen LogP contribution in [0.3, 0.4) is 0 Å². The summed E-state index contributed by atoms with van der Waals surface area (Å²) in [6, 6.07) is 11.2. The van der Waals surface area contributed by atoms with E-state index in [0.29, 0.717) is 31.2 Å². The Kier molecular flexibility index (Phi) is 6.69. The zero-order valence-corrected chi connectivity index (χ0v) is 15.3. The number of carbonyl (C=O) groups is 1. The Morgan fingerprint density at radius 2 is 1.72 bits per heavy atom. The number of urea groups is 1. The van der Waals surface area contributed by atoms with Crippen LogP contribution in [0, 0.1) is 20.8 Å². The number of aryl methyl sites for hydroxylation is 2. The Bertz CT molecular complexity index is 729. The van der Waals surface area contributed by atoms with Crippen LogP contribution in [-0.2, 0) is 0 Å². The standard InChI is InChI=1S/C20H26N2O3/c1-5-24-18-9-7-6-8-17(18)22-20(23)21-12-13-25-19-15(3)11-10-14(2)16(19)4/h6-11H,5,12-13H2,1-4H3,(H2,21,22,23). The first-order valence-electron chi connectivity index (χ1n) is 8.49. The SMILES string of the molecule is CCOc1ccccc1NC(=O)NCCOc1c(C)ccc(C)c1C. The summed E-state index contributed by atoms with van der Waals surface area (Å²) in [5.41, 5.74) is 4.07. The zero-order valence-electron chi connectivity index (χ0n) is 15.3. The summed E-state index contributed by atoms with van der Waals surface area (Å²) in [5.74, 6) is 1.55. The van der Waals surface area contributed by atoms with Gasteiger partial charge in [-0.1, -0.05) is 24.3 Å². The van der Waals surface area contributed by atoms with Crippen molar-refractivity contribution in [3.8, 4) is 11.5 Å². The van der Waals surface area contributed by atoms with Gasteiger partial charge in [0.2, 0.25) is 0 Å². The number of hydrogen-bond donors (Lipinski definition) is 2. The maximum Gasteiger partial charge on any atom is 0.319 e. The molecule has 0 aliphatic carbocycles. The number of rotatable bonds is 7. The van der Waals surface area contributed by atoms with Crippen LogP contribution in [-0.4, -0.2) is 25.8 Å². The molecule has 0 fully saturated rings. The minimum absolute atomic E-state index is 0.284. The first-order chi connectivity index (χ1) is 12.0. The summed E-state index contributed by atoms with van der Waals surface area (Å²) < 4.78 is 11.3. The number of amides is 2. The van der Waals surface area contributed by atoms with Gasteiger partial charge in [-0.3, -0.25) is 0 Å². The van der Waals surface area contributed by atoms with Crippen molar-refractivity contribution in [2.75, 3.05) is 25.1 Å². The Labute approximate surface area is 149 Å². The molecule has 2 aromatic carbocycles. The summed E-state index contributed by atoms with van der Waals surface area (Å²) in [6.07, 6.45) is 0. The minimum Gasteiger partial charge on any atom is -0.492 e. The molecule has 0 unspecified atom stereocenters. The summed E-state index contributed by atoms with van der Waals surface area (Å²) in [7, 11) is 0. The van der Waals surface area contributed by atoms with Gasteiger partial charge in [0.05, 0.1) is 18.8 Å². The molecule has 5 heteroatoms. The van der Waals surface area contributed by atoms with Crippen molar-refractivity contribution >= 4 is 11.7 Å². The molecule has 2 N–H and O–H groups in total. The van der Waals surface area contributed by atoms with E-state index in [1.807, 2.05) is 45.0 Å². The van der Waals surface area contributed by atoms with Gasteiger partial charge in [-0.15, -0.1) is 0 Å². The average Bonchev–Trinajstić information content (AvgIpc) is 2.59. The second-order valence-corrected chi connectivity index (χ2v) is 5.81. The monoisotopic (exact) mass is 342 g/mol. The zero-order chi connectivity index (χ0) is 18.2. The largest absolute Gasteiger partial charge is 0.492 e. The quantitative estimate of drug-likeness (QED) is 0.741. The van der Waals surface area contributed by atoms with Crippen molar-refractivity contribution in [1.29, 1.82) is 0 Å². The van der Waals surface area contributed by atoms with E-state index >= 15 is 0 Å². The van der Waals surface area contributed by atoms with Crippen molar-refractivity contribution in [3.63, 3.8) is 0 Å². The lowest BCUT2D eigenvalue weighted by atomic mass is 10.1. The summed E-state index contributed by atoms with van der Waals surface area (Å²) in [4.78, 5) is 12.0. The smallest absolute Gasteiger partial charge is 0.319 e. The molecule has 0 bridgehead atoms. The normalized spacial score (nSPS) is 10.2. The van der Waals surface area contributed by atoms with E-state index in [2.05, 4.69) is 23.6 Å². The number of benzene rings is 2. The molecule has 0 heterocycles. The molecule has 0 atom stereocenters. The lowest BCUT2D eigenvalue weighted by molar-refractivity contribution is 0.247. The number of ether oxygens (including phenoxy) is 2. The molecule has 0 spiro atoms. The fourth-order valence-electron chi connectivity index (χ4n) is 2.48. The predicted octanol–water partition coefficient (Wildman–Crippen LogP) is 4.21. The van der Waals surface area contributed by atoms with Gasteiger partial charge in [0.25, 0.3) is 0 Å². The van der Waals surface area contributed by atoms with Gasteiger partial charge in [0.1, 0.15) is 18.1 Å². The maximum atomic E-state index is 12.0. The molecule has 5 nitrogen and oxygen atoms in total. The lowest BCUT2D eigenvalue weighted by Crippen LogP contribution is -2.32. The molecule has 0 saturated heterocycles. The fourth-order valence-corrected chi connectivity index (χ4v) is 2.48. The van der Waals surface area contributed by atoms with E-state index in [0.717, 1.165) is 16.9 Å². The predicted molar refractivity (Wildman–Crippen MR) is 101 cm³/mol. The topological polar surface area (TPSA) is 59.6 Å². The summed E-state index contributed by atoms with van der Waals surface area (Å²) in [6.45, 7) is 9.39. The number of hydrogen-bond acceptors (Lipinski definition) is 3. The van der Waals surface area contributed by atoms with E-state index in [4.69, 9.17) is 9.47 Å². The average molecular weight is 342 g/mol. The molecule has 0 aliphatic heterocycles. The van der Waals surface area contributed by atoms with Crippen LogP contribution in [0.1, 0.15) is 23.6 Å². The molecule has 0 aliphatic rings. The third-order valence-electron chi connectivity index (χ3n) is 3.94. The maximum absolute atomic E-state index is 12.0. The highest BCUT2D eigenvalue weighted by molar-refractivity contribution is 5.90. The first-order valence-corrected chi connectivity index (χ1v) is 8.49. The molecule has 134 valence electrons. The van der Waals surface area contributed by atoms with Crippen LogP contribution >= 0.6 is 0 Å². The lowest BCUT2D eigenvalue weighted by Gasteiger charge is -2.15. The second kappa shape index (κ2) is 8.97. The summed E-state index contributed by atoms with van der Waals surface area (Å²) in [5, 5.41) is 5.59. The fraction of sp³-hybridized carbons (Fsp3) is 0.350. The highest BCUT2D eigenvalue weighted by atomic mass is 16.5. The van der Waals surface area contributed by atoms with Gasteiger partial charge in [0, 0.05) is 0 Å². The Morgan fingerprint density at radius 1 is 1.00 bits per heavy atom. The van der Waals surface area contributed by atoms with Gasteiger partial charge < -0.3 is 20.1 Å². The molecule has 0 radical (unpaired) electrons. The summed E-state index contributed by atoms with van der Waals surface area (Å²) >= 11 is 0. The van der Waals surface area contributed by atoms with E-state index in [9.17, 15) is 4.79 Å². The second-order valence-electron chi connectivity index (χ2n) is 5.81. The van der Waals surface area contributed by atoms with Crippen molar-refractivity contribution in [2.45, 2.75) is 27.7 Å². The molecule has 25 heavy (non-hydrogen) atoms. The third-order valence-corrected chi connectivity index (χ3v) is 3.94. The highest BCUT2D eigenvalue weighted by Gasteiger charge is 2.08. The van der Waals surface area contributed by atoms with Crippen LogP contribution in [0.25, 0.3) is 0 Å². The van der Waals surface area contributed by atoms with Crippen LogP contribution in [0.15, 0.2) is 36.4 Å². The van der Waals surface area contributed by atoms with Crippen molar-refractivity contribution in [2.24, 2.45) is 0 Å². The number of carbonyl (C=O) groups excluding carboxylic acids is 1. The molecule has 0 aromatic heterocycles. The van der Waals surface area contributed by atoms with Gasteiger partial charge in [0.15, 0.2) is 0 Å². The van der Waals surface area contributed by atoms with Gasteiger partial charge >= 0.3 is 6.03 Å². The minimum atomic E-state index is -0.284. The van der Waals surface area contributed by atoms with Crippen LogP contribution in [0.5, 0.6) is 11.5 Å². The molecular weight excluding hydrogens is 316 g/mol. The molecular formula is C20H26N2O3. The molecule has 2 amide bonds. The first kappa shape index (κ1) is 18.6. The van der Waals surface area contributed by atoms with E-state index in [1.54, 1.807) is 6.07 Å². The van der Waals surface area contributed by atoms with E-state index in [1.165, 1.54) is 5.56 Å². The van der Waals surface area contributed by atoms with Crippen LogP contribution in [0.4, 0.5) is 10.5 Å². The third kappa shape index (κ3) is 5.14. The van der Waals surface area contributed by atoms with Crippen LogP contribution in [0.2, 0.25) is 0 Å². The van der Waals surface area contributed by atoms with Gasteiger partial charge in [-0.05, 0) is 56.5 Å². The van der Waals surface area contributed by atoms with Crippen molar-refractivity contribution in [1.82, 2.24) is 5.32 Å². The van der Waals surface area contributed by atoms with Crippen molar-refractivity contribution < 1.29 is 14.3 Å². The van der Waals surface area contributed by atoms with Crippen molar-refractivity contribution in [3.05, 3.63) is 53.1 Å². The number of nitrogens with one attached hydrogen (secondary N) is 2. The Morgan fingerprint density at radius 3 is 2.48 bits per heavy atom. The van der Waals surface area contributed by atoms with Crippen LogP contribution < -0.4 is 20.1 Å². The molecule has 2 aromatic rings. The molecule has 2 rings (SSSR count). The molecule has 0 saturated carbocycles. The van der Waals surface area contributed by atoms with Gasteiger partial charge in [-0.25, -0.2) is 4.79 Å². The number of para-hydroxylation sites is 2. The highest BCUT2D eigenvalue weighted by Crippen LogP contribution is 2.25. The Balaban J connectivity index is 1.83. The van der Waals surface area contributed by atoms with E-state index in [-0.39, 0.29) is 6.03 Å². The Hall–Kier alpha value is -2.69. The number of anilines is 1. The van der Waals surface area contributed by atoms with Gasteiger partial charge in [-0.2, -0.15) is 0 Å². The van der Waals surface area contributed by atoms with E-state index < -0.39 is 0 Å².